The van der Waals surface area contributed by atoms with Crippen molar-refractivity contribution in [1.82, 2.24) is 5.32 Å². The Labute approximate surface area is 152 Å². The molecule has 6 heteroatoms. The standard InChI is InChI=1S/C20H24F2N2O2/c1-14(2)12-23-18(25)13-24-19(15-6-4-3-5-7-15)16-8-10-17(11-9-16)26-20(21)22/h3-11,14,19-20,24H,12-13H2,1-2H3,(H,23,25)/p+1/t19-/m0/s1. The summed E-state index contributed by atoms with van der Waals surface area (Å²) in [7, 11) is 0. The molecule has 1 amide bonds. The largest absolute Gasteiger partial charge is 0.435 e. The van der Waals surface area contributed by atoms with Crippen molar-refractivity contribution in [2.24, 2.45) is 5.92 Å². The lowest BCUT2D eigenvalue weighted by Crippen LogP contribution is -2.87. The Balaban J connectivity index is 2.10. The van der Waals surface area contributed by atoms with Crippen molar-refractivity contribution in [2.45, 2.75) is 26.5 Å². The number of ether oxygens (including phenoxy) is 1. The van der Waals surface area contributed by atoms with E-state index in [1.807, 2.05) is 49.5 Å². The van der Waals surface area contributed by atoms with Crippen molar-refractivity contribution in [3.8, 4) is 5.75 Å². The highest BCUT2D eigenvalue weighted by molar-refractivity contribution is 5.76. The third kappa shape index (κ3) is 6.44. The number of nitrogens with one attached hydrogen (secondary N) is 1. The van der Waals surface area contributed by atoms with Crippen molar-refractivity contribution in [1.29, 1.82) is 0 Å². The molecule has 0 aromatic heterocycles. The van der Waals surface area contributed by atoms with E-state index < -0.39 is 6.61 Å². The van der Waals surface area contributed by atoms with Crippen LogP contribution in [0.25, 0.3) is 0 Å². The highest BCUT2D eigenvalue weighted by atomic mass is 19.3. The monoisotopic (exact) mass is 363 g/mol. The van der Waals surface area contributed by atoms with E-state index in [-0.39, 0.29) is 24.2 Å². The predicted molar refractivity (Wildman–Crippen MR) is 96.0 cm³/mol. The van der Waals surface area contributed by atoms with E-state index in [0.717, 1.165) is 11.1 Å². The maximum atomic E-state index is 12.3. The van der Waals surface area contributed by atoms with E-state index >= 15 is 0 Å². The fourth-order valence-corrected chi connectivity index (χ4v) is 2.60. The lowest BCUT2D eigenvalue weighted by atomic mass is 9.98. The van der Waals surface area contributed by atoms with Crippen molar-refractivity contribution in [3.05, 3.63) is 65.7 Å². The molecule has 0 saturated heterocycles. The molecule has 2 rings (SSSR count). The maximum Gasteiger partial charge on any atom is 0.387 e. The molecule has 0 fully saturated rings. The van der Waals surface area contributed by atoms with Crippen LogP contribution < -0.4 is 15.4 Å². The normalized spacial score (nSPS) is 12.2. The van der Waals surface area contributed by atoms with Crippen LogP contribution in [-0.2, 0) is 4.79 Å². The molecular weight excluding hydrogens is 338 g/mol. The fraction of sp³-hybridized carbons (Fsp3) is 0.350. The molecule has 0 bridgehead atoms. The molecule has 2 aromatic carbocycles. The second-order valence-electron chi connectivity index (χ2n) is 6.47. The quantitative estimate of drug-likeness (QED) is 0.720. The molecule has 0 aliphatic heterocycles. The van der Waals surface area contributed by atoms with E-state index in [1.54, 1.807) is 12.1 Å². The van der Waals surface area contributed by atoms with E-state index in [4.69, 9.17) is 0 Å². The number of halogens is 2. The highest BCUT2D eigenvalue weighted by Crippen LogP contribution is 2.22. The van der Waals surface area contributed by atoms with Gasteiger partial charge in [-0.25, -0.2) is 0 Å². The number of carbonyl (C=O) groups is 1. The summed E-state index contributed by atoms with van der Waals surface area (Å²) in [5, 5.41) is 4.84. The molecule has 0 aliphatic carbocycles. The summed E-state index contributed by atoms with van der Waals surface area (Å²) >= 11 is 0. The Bertz CT molecular complexity index is 676. The minimum absolute atomic E-state index is 0.0303. The van der Waals surface area contributed by atoms with Crippen LogP contribution in [0.1, 0.15) is 31.0 Å². The Morgan fingerprint density at radius 3 is 2.23 bits per heavy atom. The first-order valence-corrected chi connectivity index (χ1v) is 8.65. The fourth-order valence-electron chi connectivity index (χ4n) is 2.60. The molecule has 0 radical (unpaired) electrons. The van der Waals surface area contributed by atoms with Crippen molar-refractivity contribution in [3.63, 3.8) is 0 Å². The van der Waals surface area contributed by atoms with Crippen LogP contribution in [0, 0.1) is 5.92 Å². The molecule has 140 valence electrons. The molecule has 4 nitrogen and oxygen atoms in total. The van der Waals surface area contributed by atoms with Crippen LogP contribution in [0.15, 0.2) is 54.6 Å². The van der Waals surface area contributed by atoms with Gasteiger partial charge < -0.3 is 15.4 Å². The van der Waals surface area contributed by atoms with Gasteiger partial charge in [0.05, 0.1) is 0 Å². The number of amides is 1. The zero-order valence-corrected chi connectivity index (χ0v) is 15.0. The lowest BCUT2D eigenvalue weighted by molar-refractivity contribution is -0.676. The molecular formula is C20H25F2N2O2+. The Kier molecular flexibility index (Phi) is 7.53. The lowest BCUT2D eigenvalue weighted by Gasteiger charge is -2.17. The number of hydrogen-bond acceptors (Lipinski definition) is 2. The average Bonchev–Trinajstić information content (AvgIpc) is 2.62. The average molecular weight is 363 g/mol. The Morgan fingerprint density at radius 1 is 1.04 bits per heavy atom. The maximum absolute atomic E-state index is 12.3. The molecule has 26 heavy (non-hydrogen) atoms. The second kappa shape index (κ2) is 9.87. The first kappa shape index (κ1) is 19.8. The van der Waals surface area contributed by atoms with Gasteiger partial charge in [0, 0.05) is 17.7 Å². The minimum Gasteiger partial charge on any atom is -0.435 e. The van der Waals surface area contributed by atoms with Gasteiger partial charge >= 0.3 is 6.61 Å². The predicted octanol–water partition coefficient (Wildman–Crippen LogP) is 2.71. The molecule has 0 saturated carbocycles. The summed E-state index contributed by atoms with van der Waals surface area (Å²) in [6, 6.07) is 16.2. The van der Waals surface area contributed by atoms with E-state index in [1.165, 1.54) is 12.1 Å². The summed E-state index contributed by atoms with van der Waals surface area (Å²) in [6.45, 7) is 2.16. The van der Waals surface area contributed by atoms with Crippen molar-refractivity contribution >= 4 is 5.91 Å². The van der Waals surface area contributed by atoms with Gasteiger partial charge in [0.15, 0.2) is 6.54 Å². The summed E-state index contributed by atoms with van der Waals surface area (Å²) < 4.78 is 29.0. The number of hydrogen-bond donors (Lipinski definition) is 2. The zero-order chi connectivity index (χ0) is 18.9. The molecule has 0 spiro atoms. The van der Waals surface area contributed by atoms with Gasteiger partial charge in [0.25, 0.3) is 5.91 Å². The second-order valence-corrected chi connectivity index (χ2v) is 6.47. The zero-order valence-electron chi connectivity index (χ0n) is 15.0. The van der Waals surface area contributed by atoms with Crippen LogP contribution in [-0.4, -0.2) is 25.6 Å². The third-order valence-corrected chi connectivity index (χ3v) is 3.87. The van der Waals surface area contributed by atoms with Gasteiger partial charge in [0.2, 0.25) is 0 Å². The van der Waals surface area contributed by atoms with Crippen LogP contribution in [0.4, 0.5) is 8.78 Å². The summed E-state index contributed by atoms with van der Waals surface area (Å²) in [5.41, 5.74) is 1.95. The number of quaternary nitrogens is 1. The van der Waals surface area contributed by atoms with Crippen LogP contribution in [0.5, 0.6) is 5.75 Å². The number of rotatable bonds is 9. The molecule has 0 unspecified atom stereocenters. The van der Waals surface area contributed by atoms with Crippen molar-refractivity contribution < 1.29 is 23.6 Å². The minimum atomic E-state index is -2.85. The number of carbonyl (C=O) groups excluding carboxylic acids is 1. The van der Waals surface area contributed by atoms with E-state index in [9.17, 15) is 13.6 Å². The van der Waals surface area contributed by atoms with Crippen LogP contribution in [0.2, 0.25) is 0 Å². The van der Waals surface area contributed by atoms with Gasteiger partial charge in [-0.2, -0.15) is 8.78 Å². The summed E-state index contributed by atoms with van der Waals surface area (Å²) in [4.78, 5) is 12.0. The molecule has 1 atom stereocenters. The van der Waals surface area contributed by atoms with Crippen LogP contribution >= 0.6 is 0 Å². The summed E-state index contributed by atoms with van der Waals surface area (Å²) in [6.07, 6.45) is 0. The van der Waals surface area contributed by atoms with E-state index in [0.29, 0.717) is 12.5 Å². The highest BCUT2D eigenvalue weighted by Gasteiger charge is 2.19. The smallest absolute Gasteiger partial charge is 0.387 e. The molecule has 0 heterocycles. The number of benzene rings is 2. The topological polar surface area (TPSA) is 54.9 Å². The summed E-state index contributed by atoms with van der Waals surface area (Å²) in [5.74, 6) is 0.480. The van der Waals surface area contributed by atoms with Crippen molar-refractivity contribution in [2.75, 3.05) is 13.1 Å². The van der Waals surface area contributed by atoms with Gasteiger partial charge in [-0.05, 0) is 30.2 Å². The third-order valence-electron chi connectivity index (χ3n) is 3.87. The molecule has 0 aliphatic rings. The first-order chi connectivity index (χ1) is 12.5. The first-order valence-electron chi connectivity index (χ1n) is 8.65. The van der Waals surface area contributed by atoms with Gasteiger partial charge in [-0.15, -0.1) is 0 Å². The van der Waals surface area contributed by atoms with Gasteiger partial charge in [-0.3, -0.25) is 4.79 Å². The SMILES string of the molecule is CC(C)CNC(=O)C[NH2+][C@@H](c1ccccc1)c1ccc(OC(F)F)cc1. The number of nitrogens with two attached hydrogens (primary N) is 1. The Hall–Kier alpha value is -2.47. The van der Waals surface area contributed by atoms with Gasteiger partial charge in [-0.1, -0.05) is 44.2 Å². The van der Waals surface area contributed by atoms with Crippen LogP contribution in [0.3, 0.4) is 0 Å². The number of alkyl halides is 2. The molecule has 2 aromatic rings. The Morgan fingerprint density at radius 2 is 1.65 bits per heavy atom. The van der Waals surface area contributed by atoms with Gasteiger partial charge in [0.1, 0.15) is 11.8 Å². The molecule has 3 N–H and O–H groups in total. The van der Waals surface area contributed by atoms with E-state index in [2.05, 4.69) is 10.1 Å².